The van der Waals surface area contributed by atoms with Crippen molar-refractivity contribution in [2.45, 2.75) is 50.8 Å². The van der Waals surface area contributed by atoms with Crippen molar-refractivity contribution in [3.63, 3.8) is 0 Å². The summed E-state index contributed by atoms with van der Waals surface area (Å²) in [6, 6.07) is 5.37. The largest absolute Gasteiger partial charge is 0.464 e. The van der Waals surface area contributed by atoms with Gasteiger partial charge in [-0.2, -0.15) is 13.2 Å². The van der Waals surface area contributed by atoms with Gasteiger partial charge in [-0.25, -0.2) is 4.79 Å². The molecular weight excluding hydrogens is 321 g/mol. The van der Waals surface area contributed by atoms with Crippen LogP contribution in [0.15, 0.2) is 24.8 Å². The van der Waals surface area contributed by atoms with Gasteiger partial charge >= 0.3 is 12.1 Å². The topological polar surface area (TPSA) is 46.5 Å². The Morgan fingerprint density at radius 3 is 2.46 bits per heavy atom. The number of ether oxygens (including phenoxy) is 1. The molecule has 1 aliphatic rings. The number of carbonyl (C=O) groups excluding carboxylic acids is 1. The fourth-order valence-electron chi connectivity index (χ4n) is 2.90. The molecule has 0 aromatic heterocycles. The molecule has 0 fully saturated rings. The number of hydrogen-bond donors (Lipinski definition) is 1. The third kappa shape index (κ3) is 3.64. The first-order chi connectivity index (χ1) is 11.2. The highest BCUT2D eigenvalue weighted by Crippen LogP contribution is 2.39. The van der Waals surface area contributed by atoms with E-state index in [0.717, 1.165) is 31.2 Å². The molecule has 2 rings (SSSR count). The van der Waals surface area contributed by atoms with Crippen LogP contribution in [0.3, 0.4) is 0 Å². The Morgan fingerprint density at radius 2 is 1.88 bits per heavy atom. The fraction of sp³-hybridized carbons (Fsp3) is 0.500. The van der Waals surface area contributed by atoms with Gasteiger partial charge in [0.05, 0.1) is 6.61 Å². The van der Waals surface area contributed by atoms with Gasteiger partial charge in [0.25, 0.3) is 5.60 Å². The summed E-state index contributed by atoms with van der Waals surface area (Å²) >= 11 is 0. The van der Waals surface area contributed by atoms with Crippen LogP contribution in [0.5, 0.6) is 0 Å². The second kappa shape index (κ2) is 6.97. The molecule has 1 atom stereocenters. The minimum absolute atomic E-state index is 0.0521. The molecule has 6 heteroatoms. The molecule has 24 heavy (non-hydrogen) atoms. The summed E-state index contributed by atoms with van der Waals surface area (Å²) in [7, 11) is 0. The lowest BCUT2D eigenvalue weighted by molar-refractivity contribution is -0.260. The van der Waals surface area contributed by atoms with Crippen molar-refractivity contribution in [3.8, 4) is 0 Å². The van der Waals surface area contributed by atoms with Gasteiger partial charge in [-0.15, -0.1) is 0 Å². The van der Waals surface area contributed by atoms with Gasteiger partial charge in [-0.05, 0) is 54.9 Å². The molecule has 1 aromatic rings. The number of halogens is 3. The van der Waals surface area contributed by atoms with E-state index < -0.39 is 24.2 Å². The standard InChI is InChI=1S/C18H21F3O3/c1-3-24-16(22)17(23,18(19,20)21)11-12(2)14-9-8-13-6-4-5-7-15(13)10-14/h8-10,23H,2-7,11H2,1H3/t17-/m1/s1. The molecule has 0 unspecified atom stereocenters. The van der Waals surface area contributed by atoms with E-state index in [4.69, 9.17) is 0 Å². The summed E-state index contributed by atoms with van der Waals surface area (Å²) in [5, 5.41) is 9.96. The van der Waals surface area contributed by atoms with Crippen molar-refractivity contribution in [1.29, 1.82) is 0 Å². The normalized spacial score (nSPS) is 16.9. The summed E-state index contributed by atoms with van der Waals surface area (Å²) in [5.41, 5.74) is -0.754. The van der Waals surface area contributed by atoms with Crippen LogP contribution < -0.4 is 0 Å². The quantitative estimate of drug-likeness (QED) is 0.828. The Labute approximate surface area is 139 Å². The summed E-state index contributed by atoms with van der Waals surface area (Å²) in [5.74, 6) is -1.70. The molecule has 0 saturated heterocycles. The third-order valence-electron chi connectivity index (χ3n) is 4.31. The van der Waals surface area contributed by atoms with Gasteiger partial charge in [0.15, 0.2) is 0 Å². The minimum atomic E-state index is -5.14. The number of rotatable bonds is 5. The highest BCUT2D eigenvalue weighted by atomic mass is 19.4. The van der Waals surface area contributed by atoms with Gasteiger partial charge in [0.1, 0.15) is 0 Å². The number of benzene rings is 1. The molecule has 1 aromatic carbocycles. The monoisotopic (exact) mass is 342 g/mol. The van der Waals surface area contributed by atoms with Crippen molar-refractivity contribution in [2.75, 3.05) is 6.61 Å². The van der Waals surface area contributed by atoms with E-state index in [2.05, 4.69) is 11.3 Å². The second-order valence-corrected chi connectivity index (χ2v) is 6.05. The predicted octanol–water partition coefficient (Wildman–Crippen LogP) is 3.83. The number of fused-ring (bicyclic) bond motifs is 1. The maximum Gasteiger partial charge on any atom is 0.428 e. The van der Waals surface area contributed by atoms with E-state index in [1.165, 1.54) is 12.5 Å². The van der Waals surface area contributed by atoms with E-state index in [1.807, 2.05) is 6.07 Å². The SMILES string of the molecule is C=C(C[C@@](O)(C(=O)OCC)C(F)(F)F)c1ccc2c(c1)CCCC2. The molecule has 0 spiro atoms. The number of aryl methyl sites for hydroxylation is 2. The summed E-state index contributed by atoms with van der Waals surface area (Å²) < 4.78 is 44.1. The Bertz CT molecular complexity index is 637. The Kier molecular flexibility index (Phi) is 5.38. The fourth-order valence-corrected chi connectivity index (χ4v) is 2.90. The Morgan fingerprint density at radius 1 is 1.25 bits per heavy atom. The zero-order valence-electron chi connectivity index (χ0n) is 13.6. The zero-order chi connectivity index (χ0) is 18.0. The highest BCUT2D eigenvalue weighted by molar-refractivity contribution is 5.83. The first-order valence-corrected chi connectivity index (χ1v) is 7.95. The summed E-state index contributed by atoms with van der Waals surface area (Å²) in [6.07, 6.45) is -2.12. The van der Waals surface area contributed by atoms with Crippen molar-refractivity contribution >= 4 is 11.5 Å². The van der Waals surface area contributed by atoms with Crippen molar-refractivity contribution in [2.24, 2.45) is 0 Å². The first-order valence-electron chi connectivity index (χ1n) is 7.95. The van der Waals surface area contributed by atoms with Gasteiger partial charge in [0.2, 0.25) is 0 Å². The lowest BCUT2D eigenvalue weighted by Gasteiger charge is -2.29. The van der Waals surface area contributed by atoms with Gasteiger partial charge in [-0.3, -0.25) is 0 Å². The van der Waals surface area contributed by atoms with Crippen molar-refractivity contribution in [1.82, 2.24) is 0 Å². The average Bonchev–Trinajstić information content (AvgIpc) is 2.53. The smallest absolute Gasteiger partial charge is 0.428 e. The van der Waals surface area contributed by atoms with E-state index in [0.29, 0.717) is 5.56 Å². The molecule has 0 heterocycles. The van der Waals surface area contributed by atoms with Crippen molar-refractivity contribution in [3.05, 3.63) is 41.5 Å². The van der Waals surface area contributed by atoms with Gasteiger partial charge < -0.3 is 9.84 Å². The molecule has 0 radical (unpaired) electrons. The molecule has 0 aliphatic heterocycles. The van der Waals surface area contributed by atoms with E-state index in [-0.39, 0.29) is 12.2 Å². The van der Waals surface area contributed by atoms with Crippen LogP contribution in [0.1, 0.15) is 42.9 Å². The second-order valence-electron chi connectivity index (χ2n) is 6.05. The molecule has 3 nitrogen and oxygen atoms in total. The van der Waals surface area contributed by atoms with Crippen LogP contribution in [0.25, 0.3) is 5.57 Å². The number of carbonyl (C=O) groups is 1. The lowest BCUT2D eigenvalue weighted by Crippen LogP contribution is -2.53. The number of hydrogen-bond acceptors (Lipinski definition) is 3. The third-order valence-corrected chi connectivity index (χ3v) is 4.31. The molecule has 132 valence electrons. The number of aliphatic hydroxyl groups is 1. The maximum absolute atomic E-state index is 13.2. The van der Waals surface area contributed by atoms with Gasteiger partial charge in [0, 0.05) is 6.42 Å². The van der Waals surface area contributed by atoms with Crippen LogP contribution in [-0.4, -0.2) is 29.5 Å². The van der Waals surface area contributed by atoms with Crippen LogP contribution in [0.2, 0.25) is 0 Å². The Balaban J connectivity index is 2.26. The predicted molar refractivity (Wildman–Crippen MR) is 84.4 cm³/mol. The highest BCUT2D eigenvalue weighted by Gasteiger charge is 2.60. The molecule has 1 aliphatic carbocycles. The van der Waals surface area contributed by atoms with E-state index in [9.17, 15) is 23.1 Å². The van der Waals surface area contributed by atoms with Gasteiger partial charge in [-0.1, -0.05) is 24.8 Å². The summed E-state index contributed by atoms with van der Waals surface area (Å²) in [6.45, 7) is 4.78. The molecular formula is C18H21F3O3. The van der Waals surface area contributed by atoms with E-state index in [1.54, 1.807) is 12.1 Å². The van der Waals surface area contributed by atoms with E-state index >= 15 is 0 Å². The number of alkyl halides is 3. The Hall–Kier alpha value is -1.82. The first kappa shape index (κ1) is 18.5. The minimum Gasteiger partial charge on any atom is -0.464 e. The van der Waals surface area contributed by atoms with Crippen LogP contribution in [0, 0.1) is 0 Å². The summed E-state index contributed by atoms with van der Waals surface area (Å²) in [4.78, 5) is 11.7. The van der Waals surface area contributed by atoms with Crippen molar-refractivity contribution < 1.29 is 27.8 Å². The molecule has 0 saturated carbocycles. The van der Waals surface area contributed by atoms with Crippen LogP contribution in [-0.2, 0) is 22.4 Å². The number of esters is 1. The van der Waals surface area contributed by atoms with Crippen LogP contribution in [0.4, 0.5) is 13.2 Å². The van der Waals surface area contributed by atoms with Crippen LogP contribution >= 0.6 is 0 Å². The lowest BCUT2D eigenvalue weighted by atomic mass is 9.86. The zero-order valence-corrected chi connectivity index (χ0v) is 13.6. The average molecular weight is 342 g/mol. The molecule has 0 amide bonds. The molecule has 1 N–H and O–H groups in total. The maximum atomic E-state index is 13.2. The molecule has 0 bridgehead atoms.